The van der Waals surface area contributed by atoms with Crippen LogP contribution in [0.1, 0.15) is 40.9 Å². The van der Waals surface area contributed by atoms with Gasteiger partial charge >= 0.3 is 6.18 Å². The molecule has 2 aromatic rings. The Balaban J connectivity index is 0.00000364. The van der Waals surface area contributed by atoms with Gasteiger partial charge in [0, 0.05) is 17.8 Å². The van der Waals surface area contributed by atoms with Gasteiger partial charge in [-0.25, -0.2) is 0 Å². The van der Waals surface area contributed by atoms with E-state index in [4.69, 9.17) is 10.5 Å². The first-order valence-electron chi connectivity index (χ1n) is 8.09. The number of nitrogens with one attached hydrogen (secondary N) is 1. The lowest BCUT2D eigenvalue weighted by atomic mass is 10.0. The number of hydrogen-bond acceptors (Lipinski definition) is 3. The standard InChI is InChI=1S/C19H21F3N2O2.ClH/c1-11(2)26-15-7-5-13(17(9-15)19(20,21)22)10-24-18(25)16-8-14(23)6-4-12(16)3;/h4-9,11H,10,23H2,1-3H3,(H,24,25);1H. The average Bonchev–Trinajstić information content (AvgIpc) is 2.54. The number of aryl methyl sites for hydroxylation is 1. The fraction of sp³-hybridized carbons (Fsp3) is 0.316. The molecule has 8 heteroatoms. The van der Waals surface area contributed by atoms with Crippen molar-refractivity contribution in [1.82, 2.24) is 5.32 Å². The van der Waals surface area contributed by atoms with Crippen LogP contribution >= 0.6 is 12.4 Å². The second kappa shape index (κ2) is 8.99. The minimum atomic E-state index is -4.55. The fourth-order valence-corrected chi connectivity index (χ4v) is 2.47. The number of carbonyl (C=O) groups is 1. The number of nitrogens with two attached hydrogens (primary N) is 1. The molecule has 0 aromatic heterocycles. The quantitative estimate of drug-likeness (QED) is 0.710. The van der Waals surface area contributed by atoms with Crippen molar-refractivity contribution in [1.29, 1.82) is 0 Å². The number of hydrogen-bond donors (Lipinski definition) is 2. The van der Waals surface area contributed by atoms with Crippen molar-refractivity contribution in [3.63, 3.8) is 0 Å². The highest BCUT2D eigenvalue weighted by atomic mass is 35.5. The molecule has 0 saturated heterocycles. The monoisotopic (exact) mass is 402 g/mol. The van der Waals surface area contributed by atoms with Crippen molar-refractivity contribution in [3.05, 3.63) is 58.7 Å². The summed E-state index contributed by atoms with van der Waals surface area (Å²) in [7, 11) is 0. The van der Waals surface area contributed by atoms with Gasteiger partial charge < -0.3 is 15.8 Å². The van der Waals surface area contributed by atoms with Gasteiger partial charge in [-0.3, -0.25) is 4.79 Å². The van der Waals surface area contributed by atoms with Gasteiger partial charge in [-0.2, -0.15) is 13.2 Å². The Labute approximate surface area is 162 Å². The van der Waals surface area contributed by atoms with Crippen LogP contribution in [0.5, 0.6) is 5.75 Å². The van der Waals surface area contributed by atoms with Gasteiger partial charge in [0.15, 0.2) is 0 Å². The largest absolute Gasteiger partial charge is 0.491 e. The highest BCUT2D eigenvalue weighted by Crippen LogP contribution is 2.34. The summed E-state index contributed by atoms with van der Waals surface area (Å²) in [4.78, 5) is 12.3. The first kappa shape index (κ1) is 22.6. The van der Waals surface area contributed by atoms with E-state index in [1.54, 1.807) is 32.9 Å². The number of carbonyl (C=O) groups excluding carboxylic acids is 1. The molecule has 2 rings (SSSR count). The number of benzene rings is 2. The molecular weight excluding hydrogens is 381 g/mol. The minimum Gasteiger partial charge on any atom is -0.491 e. The van der Waals surface area contributed by atoms with Gasteiger partial charge in [0.25, 0.3) is 5.91 Å². The Morgan fingerprint density at radius 1 is 1.19 bits per heavy atom. The van der Waals surface area contributed by atoms with E-state index < -0.39 is 17.6 Å². The predicted molar refractivity (Wildman–Crippen MR) is 101 cm³/mol. The Morgan fingerprint density at radius 2 is 1.85 bits per heavy atom. The third-order valence-electron chi connectivity index (χ3n) is 3.70. The summed E-state index contributed by atoms with van der Waals surface area (Å²) in [6.07, 6.45) is -4.79. The molecule has 3 N–H and O–H groups in total. The summed E-state index contributed by atoms with van der Waals surface area (Å²) >= 11 is 0. The van der Waals surface area contributed by atoms with Gasteiger partial charge in [-0.1, -0.05) is 12.1 Å². The third-order valence-corrected chi connectivity index (χ3v) is 3.70. The van der Waals surface area contributed by atoms with Crippen LogP contribution in [-0.2, 0) is 12.7 Å². The first-order valence-corrected chi connectivity index (χ1v) is 8.09. The summed E-state index contributed by atoms with van der Waals surface area (Å²) in [5, 5.41) is 2.52. The molecule has 2 aromatic carbocycles. The van der Waals surface area contributed by atoms with Crippen molar-refractivity contribution in [3.8, 4) is 5.75 Å². The topological polar surface area (TPSA) is 64.4 Å². The highest BCUT2D eigenvalue weighted by molar-refractivity contribution is 5.96. The van der Waals surface area contributed by atoms with E-state index in [1.807, 2.05) is 0 Å². The van der Waals surface area contributed by atoms with Crippen molar-refractivity contribution >= 4 is 24.0 Å². The van der Waals surface area contributed by atoms with Crippen LogP contribution in [0.3, 0.4) is 0 Å². The smallest absolute Gasteiger partial charge is 0.416 e. The number of anilines is 1. The molecule has 0 aliphatic carbocycles. The SMILES string of the molecule is Cc1ccc(N)cc1C(=O)NCc1ccc(OC(C)C)cc1C(F)(F)F.Cl. The van der Waals surface area contributed by atoms with Crippen LogP contribution in [0, 0.1) is 6.92 Å². The summed E-state index contributed by atoms with van der Waals surface area (Å²) < 4.78 is 45.4. The predicted octanol–water partition coefficient (Wildman–Crippen LogP) is 4.74. The molecule has 0 bridgehead atoms. The lowest BCUT2D eigenvalue weighted by Gasteiger charge is -2.17. The molecule has 148 valence electrons. The molecule has 4 nitrogen and oxygen atoms in total. The van der Waals surface area contributed by atoms with Gasteiger partial charge in [-0.05, 0) is 56.2 Å². The fourth-order valence-electron chi connectivity index (χ4n) is 2.47. The zero-order valence-corrected chi connectivity index (χ0v) is 16.0. The van der Waals surface area contributed by atoms with E-state index >= 15 is 0 Å². The molecule has 0 saturated carbocycles. The van der Waals surface area contributed by atoms with Crippen molar-refractivity contribution in [2.45, 2.75) is 39.6 Å². The Hall–Kier alpha value is -2.41. The van der Waals surface area contributed by atoms with Crippen LogP contribution in [-0.4, -0.2) is 12.0 Å². The summed E-state index contributed by atoms with van der Waals surface area (Å²) in [5.41, 5.74) is 6.23. The lowest BCUT2D eigenvalue weighted by molar-refractivity contribution is -0.138. The maximum Gasteiger partial charge on any atom is 0.416 e. The van der Waals surface area contributed by atoms with Gasteiger partial charge in [0.1, 0.15) is 5.75 Å². The van der Waals surface area contributed by atoms with E-state index in [0.29, 0.717) is 16.8 Å². The molecule has 0 spiro atoms. The normalized spacial score (nSPS) is 11.1. The average molecular weight is 403 g/mol. The van der Waals surface area contributed by atoms with E-state index in [-0.39, 0.29) is 36.4 Å². The zero-order valence-electron chi connectivity index (χ0n) is 15.2. The van der Waals surface area contributed by atoms with Gasteiger partial charge in [0.05, 0.1) is 11.7 Å². The molecule has 0 unspecified atom stereocenters. The molecule has 27 heavy (non-hydrogen) atoms. The highest BCUT2D eigenvalue weighted by Gasteiger charge is 2.34. The van der Waals surface area contributed by atoms with Crippen LogP contribution in [0.25, 0.3) is 0 Å². The van der Waals surface area contributed by atoms with Crippen molar-refractivity contribution in [2.75, 3.05) is 5.73 Å². The minimum absolute atomic E-state index is 0. The molecular formula is C19H22ClF3N2O2. The summed E-state index contributed by atoms with van der Waals surface area (Å²) in [6, 6.07) is 8.56. The number of halogens is 4. The van der Waals surface area contributed by atoms with E-state index in [9.17, 15) is 18.0 Å². The van der Waals surface area contributed by atoms with E-state index in [2.05, 4.69) is 5.32 Å². The first-order chi connectivity index (χ1) is 12.1. The number of rotatable bonds is 5. The van der Waals surface area contributed by atoms with Crippen LogP contribution < -0.4 is 15.8 Å². The molecule has 0 radical (unpaired) electrons. The zero-order chi connectivity index (χ0) is 19.5. The molecule has 0 fully saturated rings. The van der Waals surface area contributed by atoms with E-state index in [0.717, 1.165) is 6.07 Å². The van der Waals surface area contributed by atoms with Gasteiger partial charge in [-0.15, -0.1) is 12.4 Å². The molecule has 0 aliphatic rings. The molecule has 0 atom stereocenters. The lowest BCUT2D eigenvalue weighted by Crippen LogP contribution is -2.25. The van der Waals surface area contributed by atoms with Gasteiger partial charge in [0.2, 0.25) is 0 Å². The second-order valence-electron chi connectivity index (χ2n) is 6.24. The summed E-state index contributed by atoms with van der Waals surface area (Å²) in [6.45, 7) is 4.93. The molecule has 0 heterocycles. The summed E-state index contributed by atoms with van der Waals surface area (Å²) in [5.74, 6) is -0.348. The number of alkyl halides is 3. The van der Waals surface area contributed by atoms with Crippen LogP contribution in [0.4, 0.5) is 18.9 Å². The Bertz CT molecular complexity index is 808. The third kappa shape index (κ3) is 6.06. The van der Waals surface area contributed by atoms with Crippen LogP contribution in [0.15, 0.2) is 36.4 Å². The second-order valence-corrected chi connectivity index (χ2v) is 6.24. The van der Waals surface area contributed by atoms with Crippen LogP contribution in [0.2, 0.25) is 0 Å². The van der Waals surface area contributed by atoms with Crippen molar-refractivity contribution in [2.24, 2.45) is 0 Å². The Morgan fingerprint density at radius 3 is 2.44 bits per heavy atom. The van der Waals surface area contributed by atoms with E-state index in [1.165, 1.54) is 18.2 Å². The maximum absolute atomic E-state index is 13.3. The molecule has 1 amide bonds. The molecule has 0 aliphatic heterocycles. The Kier molecular flexibility index (Phi) is 7.54. The number of amides is 1. The number of nitrogen functional groups attached to an aromatic ring is 1. The van der Waals surface area contributed by atoms with Crippen molar-refractivity contribution < 1.29 is 22.7 Å². The number of ether oxygens (including phenoxy) is 1. The maximum atomic E-state index is 13.3.